The summed E-state index contributed by atoms with van der Waals surface area (Å²) in [4.78, 5) is 13.6. The molecule has 5 nitrogen and oxygen atoms in total. The van der Waals surface area contributed by atoms with Crippen LogP contribution in [0.15, 0.2) is 18.2 Å². The minimum absolute atomic E-state index is 0.0560. The molecule has 4 saturated carbocycles. The summed E-state index contributed by atoms with van der Waals surface area (Å²) in [6.45, 7) is 4.69. The summed E-state index contributed by atoms with van der Waals surface area (Å²) in [6, 6.07) is 4.43. The molecule has 1 heterocycles. The summed E-state index contributed by atoms with van der Waals surface area (Å²) in [7, 11) is 0. The minimum Gasteiger partial charge on any atom is -0.390 e. The van der Waals surface area contributed by atoms with Crippen molar-refractivity contribution in [3.8, 4) is 0 Å². The largest absolute Gasteiger partial charge is 0.390 e. The van der Waals surface area contributed by atoms with Gasteiger partial charge in [-0.05, 0) is 111 Å². The Hall–Kier alpha value is -1.82. The Morgan fingerprint density at radius 2 is 1.94 bits per heavy atom. The number of rotatable bonds is 4. The molecule has 8 atom stereocenters. The van der Waals surface area contributed by atoms with Crippen LogP contribution in [-0.2, 0) is 11.3 Å². The molecule has 2 aromatic rings. The average Bonchev–Trinajstić information content (AvgIpc) is 3.39. The second-order valence-electron chi connectivity index (χ2n) is 12.3. The Kier molecular flexibility index (Phi) is 5.40. The van der Waals surface area contributed by atoms with E-state index in [0.717, 1.165) is 56.3 Å². The van der Waals surface area contributed by atoms with Gasteiger partial charge in [-0.25, -0.2) is 9.07 Å². The number of aromatic nitrogens is 3. The quantitative estimate of drug-likeness (QED) is 0.640. The number of aliphatic hydroxyl groups is 1. The second-order valence-corrected chi connectivity index (χ2v) is 12.3. The number of hydrogen-bond donors (Lipinski definition) is 1. The van der Waals surface area contributed by atoms with Crippen LogP contribution in [-0.4, -0.2) is 31.5 Å². The summed E-state index contributed by atoms with van der Waals surface area (Å²) < 4.78 is 15.4. The third-order valence-corrected chi connectivity index (χ3v) is 10.9. The van der Waals surface area contributed by atoms with Gasteiger partial charge in [-0.15, -0.1) is 5.10 Å². The molecule has 34 heavy (non-hydrogen) atoms. The highest BCUT2D eigenvalue weighted by Gasteiger charge is 2.58. The van der Waals surface area contributed by atoms with E-state index in [0.29, 0.717) is 22.9 Å². The number of fused-ring (bicyclic) bond motifs is 6. The molecule has 0 spiro atoms. The van der Waals surface area contributed by atoms with Gasteiger partial charge in [0.2, 0.25) is 0 Å². The zero-order chi connectivity index (χ0) is 23.7. The predicted octanol–water partition coefficient (Wildman–Crippen LogP) is 5.55. The first kappa shape index (κ1) is 22.6. The first-order chi connectivity index (χ1) is 16.3. The molecule has 4 fully saturated rings. The van der Waals surface area contributed by atoms with Crippen molar-refractivity contribution in [2.45, 2.75) is 90.2 Å². The van der Waals surface area contributed by atoms with Gasteiger partial charge in [0, 0.05) is 12.0 Å². The molecule has 0 aliphatic heterocycles. The normalized spacial score (nSPS) is 41.6. The van der Waals surface area contributed by atoms with Gasteiger partial charge >= 0.3 is 0 Å². The predicted molar refractivity (Wildman–Crippen MR) is 128 cm³/mol. The van der Waals surface area contributed by atoms with Gasteiger partial charge in [0.1, 0.15) is 17.9 Å². The van der Waals surface area contributed by atoms with Gasteiger partial charge in [-0.2, -0.15) is 0 Å². The first-order valence-electron chi connectivity index (χ1n) is 13.6. The van der Waals surface area contributed by atoms with E-state index < -0.39 is 5.60 Å². The molecule has 1 unspecified atom stereocenters. The van der Waals surface area contributed by atoms with Gasteiger partial charge in [0.05, 0.1) is 11.1 Å². The Morgan fingerprint density at radius 1 is 1.12 bits per heavy atom. The minimum atomic E-state index is -0.434. The fourth-order valence-corrected chi connectivity index (χ4v) is 9.13. The number of nitrogens with zero attached hydrogens (tertiary/aromatic N) is 3. The third-order valence-electron chi connectivity index (χ3n) is 10.9. The molecular weight excluding hydrogens is 429 g/mol. The molecular formula is C28H38FN3O2. The molecule has 0 radical (unpaired) electrons. The summed E-state index contributed by atoms with van der Waals surface area (Å²) >= 11 is 0. The van der Waals surface area contributed by atoms with Crippen molar-refractivity contribution >= 4 is 16.8 Å². The van der Waals surface area contributed by atoms with E-state index >= 15 is 0 Å². The molecule has 1 aromatic heterocycles. The standard InChI is InChI=1S/C28H38FN3O2/c1-3-28(34)13-11-19-17(15-28)4-6-21-20(19)10-12-27(2)22(21)7-8-23(27)26(33)16-32-25-14-18(29)5-9-24(25)30-31-32/h5,9,14,17,19-23,34H,3-4,6-8,10-13,15-16H2,1-2H3/t17?,19-,20+,21+,22-,23+,27-,28+/m0/s1. The van der Waals surface area contributed by atoms with Crippen LogP contribution in [0.25, 0.3) is 11.0 Å². The van der Waals surface area contributed by atoms with Crippen LogP contribution in [0.3, 0.4) is 0 Å². The maximum absolute atomic E-state index is 13.8. The lowest BCUT2D eigenvalue weighted by molar-refractivity contribution is -0.133. The van der Waals surface area contributed by atoms with Crippen molar-refractivity contribution in [3.05, 3.63) is 24.0 Å². The molecule has 0 bridgehead atoms. The number of ketones is 1. The lowest BCUT2D eigenvalue weighted by atomic mass is 9.48. The maximum Gasteiger partial charge on any atom is 0.157 e. The van der Waals surface area contributed by atoms with E-state index in [2.05, 4.69) is 24.2 Å². The van der Waals surface area contributed by atoms with Crippen LogP contribution in [0.1, 0.15) is 78.1 Å². The number of halogens is 1. The van der Waals surface area contributed by atoms with E-state index in [1.54, 1.807) is 10.7 Å². The third kappa shape index (κ3) is 3.46. The lowest BCUT2D eigenvalue weighted by Crippen LogP contribution is -2.51. The van der Waals surface area contributed by atoms with E-state index in [1.165, 1.54) is 37.8 Å². The summed E-state index contributed by atoms with van der Waals surface area (Å²) in [5.41, 5.74) is 0.853. The maximum atomic E-state index is 13.8. The molecule has 4 aliphatic rings. The molecule has 0 saturated heterocycles. The highest BCUT2D eigenvalue weighted by Crippen LogP contribution is 2.64. The van der Waals surface area contributed by atoms with E-state index in [9.17, 15) is 14.3 Å². The van der Waals surface area contributed by atoms with Gasteiger partial charge in [-0.1, -0.05) is 19.1 Å². The molecule has 1 aromatic carbocycles. The smallest absolute Gasteiger partial charge is 0.157 e. The number of Topliss-reactive ketones (excluding diaryl/α,β-unsaturated/α-hetero) is 1. The van der Waals surface area contributed by atoms with Crippen LogP contribution >= 0.6 is 0 Å². The summed E-state index contributed by atoms with van der Waals surface area (Å²) in [6.07, 6.45) is 11.0. The van der Waals surface area contributed by atoms with Crippen LogP contribution in [0, 0.1) is 46.7 Å². The Balaban J connectivity index is 1.19. The summed E-state index contributed by atoms with van der Waals surface area (Å²) in [5.74, 6) is 3.54. The number of carbonyl (C=O) groups is 1. The van der Waals surface area contributed by atoms with Crippen molar-refractivity contribution in [2.24, 2.45) is 40.9 Å². The number of benzene rings is 1. The molecule has 4 aliphatic carbocycles. The summed E-state index contributed by atoms with van der Waals surface area (Å²) in [5, 5.41) is 19.2. The number of carbonyl (C=O) groups excluding carboxylic acids is 1. The zero-order valence-electron chi connectivity index (χ0n) is 20.5. The van der Waals surface area contributed by atoms with Crippen LogP contribution in [0.4, 0.5) is 4.39 Å². The lowest BCUT2D eigenvalue weighted by Gasteiger charge is -2.57. The van der Waals surface area contributed by atoms with Crippen molar-refractivity contribution in [1.29, 1.82) is 0 Å². The first-order valence-corrected chi connectivity index (χ1v) is 13.6. The Morgan fingerprint density at radius 3 is 2.76 bits per heavy atom. The molecule has 6 heteroatoms. The second kappa shape index (κ2) is 8.11. The van der Waals surface area contributed by atoms with Gasteiger partial charge < -0.3 is 5.11 Å². The fraction of sp³-hybridized carbons (Fsp3) is 0.750. The Labute approximate surface area is 201 Å². The van der Waals surface area contributed by atoms with Crippen molar-refractivity contribution < 1.29 is 14.3 Å². The van der Waals surface area contributed by atoms with Gasteiger partial charge in [0.15, 0.2) is 5.78 Å². The van der Waals surface area contributed by atoms with Crippen LogP contribution in [0.2, 0.25) is 0 Å². The molecule has 6 rings (SSSR count). The van der Waals surface area contributed by atoms with E-state index in [4.69, 9.17) is 0 Å². The van der Waals surface area contributed by atoms with Crippen LogP contribution < -0.4 is 0 Å². The fourth-order valence-electron chi connectivity index (χ4n) is 9.13. The SMILES string of the molecule is CC[C@@]1(O)CC[C@H]2C(CC[C@@H]3[C@@H]2CC[C@]2(C)[C@@H](C(=O)Cn4nnc5ccc(F)cc54)CC[C@@H]32)C1. The zero-order valence-corrected chi connectivity index (χ0v) is 20.5. The average molecular weight is 468 g/mol. The number of hydrogen-bond acceptors (Lipinski definition) is 4. The van der Waals surface area contributed by atoms with Gasteiger partial charge in [-0.3, -0.25) is 4.79 Å². The monoisotopic (exact) mass is 467 g/mol. The molecule has 1 N–H and O–H groups in total. The van der Waals surface area contributed by atoms with Crippen LogP contribution in [0.5, 0.6) is 0 Å². The van der Waals surface area contributed by atoms with Gasteiger partial charge in [0.25, 0.3) is 0 Å². The highest BCUT2D eigenvalue weighted by atomic mass is 19.1. The topological polar surface area (TPSA) is 68.0 Å². The Bertz CT molecular complexity index is 1100. The highest BCUT2D eigenvalue weighted by molar-refractivity contribution is 5.84. The van der Waals surface area contributed by atoms with Crippen molar-refractivity contribution in [1.82, 2.24) is 15.0 Å². The molecule has 184 valence electrons. The van der Waals surface area contributed by atoms with E-state index in [1.807, 2.05) is 0 Å². The van der Waals surface area contributed by atoms with Crippen molar-refractivity contribution in [3.63, 3.8) is 0 Å². The van der Waals surface area contributed by atoms with Crippen molar-refractivity contribution in [2.75, 3.05) is 0 Å². The van der Waals surface area contributed by atoms with E-state index in [-0.39, 0.29) is 29.5 Å². The molecule has 0 amide bonds.